The molecular weight excluding hydrogens is 414 g/mol. The zero-order valence-electron chi connectivity index (χ0n) is 17.9. The molecule has 166 valence electrons. The van der Waals surface area contributed by atoms with Crippen molar-refractivity contribution in [1.29, 1.82) is 0 Å². The van der Waals surface area contributed by atoms with Gasteiger partial charge in [0, 0.05) is 63.4 Å². The van der Waals surface area contributed by atoms with E-state index in [-0.39, 0.29) is 11.8 Å². The number of carbonyl (C=O) groups excluding carboxylic acids is 2. The smallest absolute Gasteiger partial charge is 0.246 e. The highest BCUT2D eigenvalue weighted by molar-refractivity contribution is 6.32. The average molecular weight is 444 g/mol. The Morgan fingerprint density at radius 1 is 1.10 bits per heavy atom. The molecule has 1 aromatic carbocycles. The molecule has 8 heteroatoms. The third kappa shape index (κ3) is 4.13. The van der Waals surface area contributed by atoms with Gasteiger partial charge in [-0.15, -0.1) is 0 Å². The maximum absolute atomic E-state index is 13.1. The molecule has 4 aliphatic rings. The van der Waals surface area contributed by atoms with Gasteiger partial charge >= 0.3 is 0 Å². The van der Waals surface area contributed by atoms with Crippen LogP contribution in [0.15, 0.2) is 24.8 Å². The Kier molecular flexibility index (Phi) is 5.56. The van der Waals surface area contributed by atoms with Crippen molar-refractivity contribution in [2.75, 3.05) is 69.1 Å². The van der Waals surface area contributed by atoms with Gasteiger partial charge in [0.25, 0.3) is 0 Å². The first kappa shape index (κ1) is 20.6. The second-order valence-electron chi connectivity index (χ2n) is 9.03. The number of hydrogen-bond donors (Lipinski definition) is 1. The highest BCUT2D eigenvalue weighted by Gasteiger charge is 2.36. The highest BCUT2D eigenvalue weighted by Crippen LogP contribution is 2.46. The SMILES string of the molecule is C=CC(=O)N1CC(N2CCN(C(=O)CN3CCNc4cc(Cl)c(C5CC5)cc43)CC2)C1. The minimum absolute atomic E-state index is 0.00694. The molecule has 1 N–H and O–H groups in total. The quantitative estimate of drug-likeness (QED) is 0.705. The van der Waals surface area contributed by atoms with Crippen LogP contribution in [-0.2, 0) is 9.59 Å². The standard InChI is InChI=1S/C23H30ClN5O2/c1-2-22(30)29-13-17(14-29)26-7-9-27(10-8-26)23(31)15-28-6-5-25-20-12-19(24)18(11-21(20)28)16-3-4-16/h2,11-12,16-17,25H,1,3-10,13-15H2. The third-order valence-corrected chi connectivity index (χ3v) is 7.36. The van der Waals surface area contributed by atoms with E-state index in [0.29, 0.717) is 18.5 Å². The molecule has 0 radical (unpaired) electrons. The largest absolute Gasteiger partial charge is 0.382 e. The van der Waals surface area contributed by atoms with Crippen LogP contribution in [0.2, 0.25) is 5.02 Å². The van der Waals surface area contributed by atoms with Crippen LogP contribution in [0.3, 0.4) is 0 Å². The predicted octanol–water partition coefficient (Wildman–Crippen LogP) is 1.99. The average Bonchev–Trinajstić information content (AvgIpc) is 3.58. The molecule has 1 aromatic rings. The number of nitrogens with zero attached hydrogens (tertiary/aromatic N) is 4. The summed E-state index contributed by atoms with van der Waals surface area (Å²) >= 11 is 6.50. The van der Waals surface area contributed by atoms with Crippen LogP contribution >= 0.6 is 11.6 Å². The van der Waals surface area contributed by atoms with Crippen molar-refractivity contribution in [2.45, 2.75) is 24.8 Å². The van der Waals surface area contributed by atoms with Crippen molar-refractivity contribution in [3.05, 3.63) is 35.4 Å². The molecule has 0 aromatic heterocycles. The van der Waals surface area contributed by atoms with Gasteiger partial charge in [-0.1, -0.05) is 18.2 Å². The normalized spacial score (nSPS) is 21.9. The molecule has 7 nitrogen and oxygen atoms in total. The molecule has 0 atom stereocenters. The molecular formula is C23H30ClN5O2. The van der Waals surface area contributed by atoms with Gasteiger partial charge < -0.3 is 20.0 Å². The van der Waals surface area contributed by atoms with Crippen molar-refractivity contribution >= 4 is 34.8 Å². The van der Waals surface area contributed by atoms with Gasteiger partial charge in [-0.25, -0.2) is 0 Å². The summed E-state index contributed by atoms with van der Waals surface area (Å²) in [6.45, 7) is 10.4. The van der Waals surface area contributed by atoms with Crippen LogP contribution in [0.1, 0.15) is 24.3 Å². The number of likely N-dealkylation sites (tertiary alicyclic amines) is 1. The number of hydrogen-bond acceptors (Lipinski definition) is 5. The molecule has 0 spiro atoms. The zero-order valence-corrected chi connectivity index (χ0v) is 18.6. The predicted molar refractivity (Wildman–Crippen MR) is 123 cm³/mol. The first-order valence-electron chi connectivity index (χ1n) is 11.3. The molecule has 3 aliphatic heterocycles. The number of piperazine rings is 1. The molecule has 2 saturated heterocycles. The summed E-state index contributed by atoms with van der Waals surface area (Å²) in [4.78, 5) is 33.1. The second kappa shape index (κ2) is 8.36. The van der Waals surface area contributed by atoms with E-state index in [1.807, 2.05) is 15.9 Å². The topological polar surface area (TPSA) is 59.1 Å². The Hall–Kier alpha value is -2.25. The van der Waals surface area contributed by atoms with E-state index in [0.717, 1.165) is 68.8 Å². The number of anilines is 2. The van der Waals surface area contributed by atoms with E-state index in [4.69, 9.17) is 11.6 Å². The van der Waals surface area contributed by atoms with Gasteiger partial charge in [-0.05, 0) is 42.5 Å². The van der Waals surface area contributed by atoms with E-state index < -0.39 is 0 Å². The molecule has 0 unspecified atom stereocenters. The summed E-state index contributed by atoms with van der Waals surface area (Å²) in [5.41, 5.74) is 3.35. The lowest BCUT2D eigenvalue weighted by molar-refractivity contribution is -0.135. The fourth-order valence-corrected chi connectivity index (χ4v) is 5.21. The van der Waals surface area contributed by atoms with Gasteiger partial charge in [0.1, 0.15) is 0 Å². The summed E-state index contributed by atoms with van der Waals surface area (Å²) < 4.78 is 0. The zero-order chi connectivity index (χ0) is 21.5. The van der Waals surface area contributed by atoms with Crippen LogP contribution in [-0.4, -0.2) is 91.5 Å². The summed E-state index contributed by atoms with van der Waals surface area (Å²) in [6, 6.07) is 4.63. The second-order valence-corrected chi connectivity index (χ2v) is 9.44. The van der Waals surface area contributed by atoms with Gasteiger partial charge in [0.05, 0.1) is 17.9 Å². The van der Waals surface area contributed by atoms with Gasteiger partial charge in [0.15, 0.2) is 0 Å². The van der Waals surface area contributed by atoms with E-state index in [2.05, 4.69) is 27.8 Å². The number of nitrogens with one attached hydrogen (secondary N) is 1. The molecule has 3 fully saturated rings. The van der Waals surface area contributed by atoms with E-state index >= 15 is 0 Å². The van der Waals surface area contributed by atoms with Crippen LogP contribution in [0.25, 0.3) is 0 Å². The van der Waals surface area contributed by atoms with Crippen LogP contribution in [0.4, 0.5) is 11.4 Å². The molecule has 5 rings (SSSR count). The number of carbonyl (C=O) groups is 2. The summed E-state index contributed by atoms with van der Waals surface area (Å²) in [7, 11) is 0. The Labute approximate surface area is 188 Å². The van der Waals surface area contributed by atoms with Crippen molar-refractivity contribution < 1.29 is 9.59 Å². The summed E-state index contributed by atoms with van der Waals surface area (Å²) in [5.74, 6) is 0.773. The maximum atomic E-state index is 13.1. The van der Waals surface area contributed by atoms with Crippen molar-refractivity contribution in [3.63, 3.8) is 0 Å². The molecule has 2 amide bonds. The van der Waals surface area contributed by atoms with E-state index in [1.165, 1.54) is 24.5 Å². The van der Waals surface area contributed by atoms with Gasteiger partial charge in [-0.2, -0.15) is 0 Å². The van der Waals surface area contributed by atoms with Crippen LogP contribution in [0.5, 0.6) is 0 Å². The van der Waals surface area contributed by atoms with Gasteiger partial charge in [0.2, 0.25) is 11.8 Å². The molecule has 3 heterocycles. The van der Waals surface area contributed by atoms with E-state index in [1.54, 1.807) is 0 Å². The molecule has 0 bridgehead atoms. The Morgan fingerprint density at radius 2 is 1.84 bits per heavy atom. The third-order valence-electron chi connectivity index (χ3n) is 7.03. The Bertz CT molecular complexity index is 888. The molecule has 1 saturated carbocycles. The highest BCUT2D eigenvalue weighted by atomic mass is 35.5. The van der Waals surface area contributed by atoms with Crippen molar-refractivity contribution in [3.8, 4) is 0 Å². The van der Waals surface area contributed by atoms with Crippen molar-refractivity contribution in [1.82, 2.24) is 14.7 Å². The number of benzene rings is 1. The number of rotatable bonds is 5. The maximum Gasteiger partial charge on any atom is 0.246 e. The minimum Gasteiger partial charge on any atom is -0.382 e. The summed E-state index contributed by atoms with van der Waals surface area (Å²) in [6.07, 6.45) is 3.79. The summed E-state index contributed by atoms with van der Waals surface area (Å²) in [5, 5.41) is 4.26. The lowest BCUT2D eigenvalue weighted by Gasteiger charge is -2.48. The van der Waals surface area contributed by atoms with Crippen LogP contribution in [0, 0.1) is 0 Å². The number of amides is 2. The van der Waals surface area contributed by atoms with E-state index in [9.17, 15) is 9.59 Å². The molecule has 1 aliphatic carbocycles. The first-order valence-corrected chi connectivity index (χ1v) is 11.7. The lowest BCUT2D eigenvalue weighted by atomic mass is 10.1. The Balaban J connectivity index is 1.17. The van der Waals surface area contributed by atoms with Crippen LogP contribution < -0.4 is 10.2 Å². The monoisotopic (exact) mass is 443 g/mol. The molecule has 31 heavy (non-hydrogen) atoms. The lowest BCUT2D eigenvalue weighted by Crippen LogP contribution is -2.64. The Morgan fingerprint density at radius 3 is 2.52 bits per heavy atom. The fourth-order valence-electron chi connectivity index (χ4n) is 4.89. The van der Waals surface area contributed by atoms with Crippen molar-refractivity contribution in [2.24, 2.45) is 0 Å². The number of fused-ring (bicyclic) bond motifs is 1. The van der Waals surface area contributed by atoms with Gasteiger partial charge in [-0.3, -0.25) is 14.5 Å². The minimum atomic E-state index is 0.00694. The first-order chi connectivity index (χ1) is 15.0. The fraction of sp³-hybridized carbons (Fsp3) is 0.565. The number of halogens is 1.